The molecule has 0 radical (unpaired) electrons. The van der Waals surface area contributed by atoms with Gasteiger partial charge in [-0.25, -0.2) is 0 Å². The van der Waals surface area contributed by atoms with Gasteiger partial charge in [-0.1, -0.05) is 0 Å². The Hall–Kier alpha value is -0.690. The van der Waals surface area contributed by atoms with Gasteiger partial charge in [0.25, 0.3) is 0 Å². The van der Waals surface area contributed by atoms with E-state index in [1.165, 1.54) is 0 Å². The van der Waals surface area contributed by atoms with Crippen molar-refractivity contribution in [3.05, 3.63) is 0 Å². The van der Waals surface area contributed by atoms with Gasteiger partial charge in [-0.3, -0.25) is 9.69 Å². The third kappa shape index (κ3) is 3.74. The lowest BCUT2D eigenvalue weighted by Gasteiger charge is -2.34. The molecule has 1 unspecified atom stereocenters. The van der Waals surface area contributed by atoms with Crippen molar-refractivity contribution in [1.29, 1.82) is 0 Å². The summed E-state index contributed by atoms with van der Waals surface area (Å²) in [5.74, 6) is 0.292. The third-order valence-electron chi connectivity index (χ3n) is 4.84. The van der Waals surface area contributed by atoms with Crippen LogP contribution in [-0.2, 0) is 14.3 Å². The molecule has 1 N–H and O–H groups in total. The second-order valence-corrected chi connectivity index (χ2v) is 6.51. The molecule has 0 bridgehead atoms. The molecule has 1 atom stereocenters. The fourth-order valence-electron chi connectivity index (χ4n) is 3.55. The Balaban J connectivity index is 1.52. The molecule has 0 aromatic heterocycles. The van der Waals surface area contributed by atoms with Gasteiger partial charge in [0.15, 0.2) is 0 Å². The SMILES string of the molecule is O=C(C1CCOCC1)N1CCC(O)(CN2CCOCC2)C1. The van der Waals surface area contributed by atoms with E-state index >= 15 is 0 Å². The minimum absolute atomic E-state index is 0.0875. The summed E-state index contributed by atoms with van der Waals surface area (Å²) >= 11 is 0. The molecule has 0 aliphatic carbocycles. The smallest absolute Gasteiger partial charge is 0.225 e. The van der Waals surface area contributed by atoms with Crippen molar-refractivity contribution in [1.82, 2.24) is 9.80 Å². The standard InChI is InChI=1S/C15H26N2O4/c18-14(13-1-7-20-8-2-13)17-4-3-15(19,12-17)11-16-5-9-21-10-6-16/h13,19H,1-12H2. The van der Waals surface area contributed by atoms with Crippen molar-refractivity contribution in [3.63, 3.8) is 0 Å². The van der Waals surface area contributed by atoms with E-state index in [0.717, 1.165) is 39.1 Å². The molecule has 0 spiro atoms. The molecule has 3 saturated heterocycles. The van der Waals surface area contributed by atoms with Crippen LogP contribution in [-0.4, -0.2) is 85.6 Å². The van der Waals surface area contributed by atoms with Gasteiger partial charge < -0.3 is 19.5 Å². The van der Waals surface area contributed by atoms with E-state index in [1.54, 1.807) is 0 Å². The number of aliphatic hydroxyl groups is 1. The maximum Gasteiger partial charge on any atom is 0.225 e. The van der Waals surface area contributed by atoms with Crippen LogP contribution in [0, 0.1) is 5.92 Å². The highest BCUT2D eigenvalue weighted by Crippen LogP contribution is 2.26. The normalized spacial score (nSPS) is 32.5. The fraction of sp³-hybridized carbons (Fsp3) is 0.933. The summed E-state index contributed by atoms with van der Waals surface area (Å²) in [6.07, 6.45) is 2.31. The van der Waals surface area contributed by atoms with Crippen LogP contribution in [0.1, 0.15) is 19.3 Å². The van der Waals surface area contributed by atoms with Crippen LogP contribution in [0.2, 0.25) is 0 Å². The number of rotatable bonds is 3. The van der Waals surface area contributed by atoms with Crippen molar-refractivity contribution in [2.24, 2.45) is 5.92 Å². The minimum atomic E-state index is -0.752. The Morgan fingerprint density at radius 3 is 2.48 bits per heavy atom. The van der Waals surface area contributed by atoms with Gasteiger partial charge in [-0.15, -0.1) is 0 Å². The number of carbonyl (C=O) groups is 1. The number of carbonyl (C=O) groups excluding carboxylic acids is 1. The number of amides is 1. The van der Waals surface area contributed by atoms with Crippen molar-refractivity contribution >= 4 is 5.91 Å². The quantitative estimate of drug-likeness (QED) is 0.776. The Bertz CT molecular complexity index is 367. The second-order valence-electron chi connectivity index (χ2n) is 6.51. The number of β-amino-alcohol motifs (C(OH)–C–C–N with tert-alkyl or cyclic N) is 1. The van der Waals surface area contributed by atoms with Crippen molar-refractivity contribution in [2.45, 2.75) is 24.9 Å². The van der Waals surface area contributed by atoms with Crippen LogP contribution in [0.4, 0.5) is 0 Å². The summed E-state index contributed by atoms with van der Waals surface area (Å²) in [5, 5.41) is 10.8. The van der Waals surface area contributed by atoms with Crippen molar-refractivity contribution in [3.8, 4) is 0 Å². The molecular formula is C15H26N2O4. The van der Waals surface area contributed by atoms with Crippen LogP contribution < -0.4 is 0 Å². The third-order valence-corrected chi connectivity index (χ3v) is 4.84. The first-order chi connectivity index (χ1) is 10.2. The molecule has 0 saturated carbocycles. The molecule has 120 valence electrons. The summed E-state index contributed by atoms with van der Waals surface area (Å²) in [7, 11) is 0. The molecule has 3 aliphatic rings. The first kappa shape index (κ1) is 15.2. The number of hydrogen-bond acceptors (Lipinski definition) is 5. The van der Waals surface area contributed by atoms with E-state index in [2.05, 4.69) is 4.90 Å². The van der Waals surface area contributed by atoms with Gasteiger partial charge >= 0.3 is 0 Å². The highest BCUT2D eigenvalue weighted by molar-refractivity contribution is 5.79. The average Bonchev–Trinajstić information content (AvgIpc) is 2.90. The summed E-state index contributed by atoms with van der Waals surface area (Å²) in [6, 6.07) is 0. The predicted molar refractivity (Wildman–Crippen MR) is 76.9 cm³/mol. The molecule has 3 rings (SSSR count). The van der Waals surface area contributed by atoms with Gasteiger partial charge in [0, 0.05) is 45.3 Å². The Kier molecular flexibility index (Phi) is 4.78. The number of ether oxygens (including phenoxy) is 2. The lowest BCUT2D eigenvalue weighted by atomic mass is 9.98. The Morgan fingerprint density at radius 2 is 1.76 bits per heavy atom. The molecule has 3 aliphatic heterocycles. The zero-order valence-electron chi connectivity index (χ0n) is 12.6. The van der Waals surface area contributed by atoms with Crippen molar-refractivity contribution in [2.75, 3.05) is 59.2 Å². The topological polar surface area (TPSA) is 62.2 Å². The largest absolute Gasteiger partial charge is 0.387 e. The van der Waals surface area contributed by atoms with Gasteiger partial charge in [0.05, 0.1) is 25.4 Å². The summed E-state index contributed by atoms with van der Waals surface area (Å²) in [4.78, 5) is 16.6. The van der Waals surface area contributed by atoms with E-state index in [0.29, 0.717) is 39.3 Å². The van der Waals surface area contributed by atoms with Crippen LogP contribution in [0.5, 0.6) is 0 Å². The van der Waals surface area contributed by atoms with Gasteiger partial charge in [0.2, 0.25) is 5.91 Å². The zero-order valence-corrected chi connectivity index (χ0v) is 12.6. The number of morpholine rings is 1. The van der Waals surface area contributed by atoms with E-state index < -0.39 is 5.60 Å². The summed E-state index contributed by atoms with van der Waals surface area (Å²) in [5.41, 5.74) is -0.752. The Labute approximate surface area is 126 Å². The van der Waals surface area contributed by atoms with E-state index in [4.69, 9.17) is 9.47 Å². The highest BCUT2D eigenvalue weighted by Gasteiger charge is 2.41. The minimum Gasteiger partial charge on any atom is -0.387 e. The van der Waals surface area contributed by atoms with Crippen LogP contribution in [0.25, 0.3) is 0 Å². The number of hydrogen-bond donors (Lipinski definition) is 1. The van der Waals surface area contributed by atoms with Crippen LogP contribution in [0.3, 0.4) is 0 Å². The second kappa shape index (κ2) is 6.60. The maximum atomic E-state index is 12.5. The molecule has 3 heterocycles. The van der Waals surface area contributed by atoms with Crippen LogP contribution in [0.15, 0.2) is 0 Å². The highest BCUT2D eigenvalue weighted by atomic mass is 16.5. The average molecular weight is 298 g/mol. The predicted octanol–water partition coefficient (Wildman–Crippen LogP) is -0.291. The lowest BCUT2D eigenvalue weighted by Crippen LogP contribution is -2.49. The summed E-state index contributed by atoms with van der Waals surface area (Å²) in [6.45, 7) is 6.38. The summed E-state index contributed by atoms with van der Waals surface area (Å²) < 4.78 is 10.7. The molecule has 21 heavy (non-hydrogen) atoms. The van der Waals surface area contributed by atoms with Crippen LogP contribution >= 0.6 is 0 Å². The fourth-order valence-corrected chi connectivity index (χ4v) is 3.55. The zero-order chi connectivity index (χ0) is 14.7. The first-order valence-corrected chi connectivity index (χ1v) is 8.05. The number of likely N-dealkylation sites (tertiary alicyclic amines) is 1. The lowest BCUT2D eigenvalue weighted by molar-refractivity contribution is -0.138. The molecule has 0 aromatic carbocycles. The molecule has 6 heteroatoms. The van der Waals surface area contributed by atoms with Gasteiger partial charge in [0.1, 0.15) is 0 Å². The van der Waals surface area contributed by atoms with Gasteiger partial charge in [-0.05, 0) is 19.3 Å². The molecule has 6 nitrogen and oxygen atoms in total. The molecule has 0 aromatic rings. The maximum absolute atomic E-state index is 12.5. The number of nitrogens with zero attached hydrogens (tertiary/aromatic N) is 2. The molecule has 3 fully saturated rings. The Morgan fingerprint density at radius 1 is 1.10 bits per heavy atom. The first-order valence-electron chi connectivity index (χ1n) is 8.05. The molecular weight excluding hydrogens is 272 g/mol. The molecule has 1 amide bonds. The van der Waals surface area contributed by atoms with E-state index in [1.807, 2.05) is 4.90 Å². The monoisotopic (exact) mass is 298 g/mol. The van der Waals surface area contributed by atoms with E-state index in [9.17, 15) is 9.90 Å². The van der Waals surface area contributed by atoms with E-state index in [-0.39, 0.29) is 11.8 Å². The van der Waals surface area contributed by atoms with Crippen molar-refractivity contribution < 1.29 is 19.4 Å². The van der Waals surface area contributed by atoms with Gasteiger partial charge in [-0.2, -0.15) is 0 Å².